The zero-order chi connectivity index (χ0) is 14.3. The van der Waals surface area contributed by atoms with Gasteiger partial charge in [0.05, 0.1) is 12.7 Å². The second-order valence-electron chi connectivity index (χ2n) is 5.25. The number of ketones is 1. The predicted molar refractivity (Wildman–Crippen MR) is 67.4 cm³/mol. The van der Waals surface area contributed by atoms with Crippen molar-refractivity contribution in [1.82, 2.24) is 0 Å². The molecular weight excluding hydrogens is 236 g/mol. The van der Waals surface area contributed by atoms with Gasteiger partial charge in [0.1, 0.15) is 18.1 Å². The molecule has 0 fully saturated rings. The van der Waals surface area contributed by atoms with E-state index in [0.717, 1.165) is 0 Å². The van der Waals surface area contributed by atoms with Gasteiger partial charge >= 0.3 is 5.97 Å². The van der Waals surface area contributed by atoms with E-state index in [4.69, 9.17) is 14.2 Å². The minimum Gasteiger partial charge on any atom is -0.460 e. The van der Waals surface area contributed by atoms with E-state index in [1.165, 1.54) is 0 Å². The molecule has 0 spiro atoms. The molecule has 0 aliphatic carbocycles. The molecule has 1 unspecified atom stereocenters. The van der Waals surface area contributed by atoms with E-state index in [-0.39, 0.29) is 18.3 Å². The summed E-state index contributed by atoms with van der Waals surface area (Å²) >= 11 is 0. The van der Waals surface area contributed by atoms with Gasteiger partial charge in [0.2, 0.25) is 0 Å². The molecule has 2 atom stereocenters. The zero-order valence-corrected chi connectivity index (χ0v) is 12.1. The normalized spacial score (nSPS) is 15.0. The number of Topliss-reactive ketones (excluding diaryl/α,β-unsaturated/α-hetero) is 1. The highest BCUT2D eigenvalue weighted by Gasteiger charge is 2.22. The first kappa shape index (κ1) is 17.1. The molecule has 0 saturated heterocycles. The Balaban J connectivity index is 4.04. The monoisotopic (exact) mass is 260 g/mol. The van der Waals surface area contributed by atoms with Crippen molar-refractivity contribution in [3.63, 3.8) is 0 Å². The Kier molecular flexibility index (Phi) is 7.09. The van der Waals surface area contributed by atoms with Crippen LogP contribution in [0.2, 0.25) is 0 Å². The Labute approximate surface area is 109 Å². The van der Waals surface area contributed by atoms with Gasteiger partial charge in [-0.25, -0.2) is 0 Å². The number of ether oxygens (including phenoxy) is 3. The number of methoxy groups -OCH3 is 1. The Morgan fingerprint density at radius 3 is 2.17 bits per heavy atom. The van der Waals surface area contributed by atoms with Crippen molar-refractivity contribution in [2.75, 3.05) is 13.7 Å². The molecule has 0 aliphatic rings. The molecule has 5 heteroatoms. The molecular formula is C13H24O5. The summed E-state index contributed by atoms with van der Waals surface area (Å²) in [6.07, 6.45) is -0.975. The quantitative estimate of drug-likeness (QED) is 0.515. The third-order valence-corrected chi connectivity index (χ3v) is 2.18. The molecule has 0 N–H and O–H groups in total. The van der Waals surface area contributed by atoms with Crippen LogP contribution in [0.25, 0.3) is 0 Å². The third kappa shape index (κ3) is 8.20. The minimum atomic E-state index is -0.630. The van der Waals surface area contributed by atoms with E-state index in [9.17, 15) is 9.59 Å². The lowest BCUT2D eigenvalue weighted by molar-refractivity contribution is -0.158. The highest BCUT2D eigenvalue weighted by molar-refractivity contribution is 5.97. The maximum atomic E-state index is 11.7. The van der Waals surface area contributed by atoms with E-state index in [0.29, 0.717) is 6.61 Å². The summed E-state index contributed by atoms with van der Waals surface area (Å²) < 4.78 is 15.4. The van der Waals surface area contributed by atoms with E-state index in [1.54, 1.807) is 34.8 Å². The summed E-state index contributed by atoms with van der Waals surface area (Å²) in [6, 6.07) is 0. The first-order valence-corrected chi connectivity index (χ1v) is 6.04. The topological polar surface area (TPSA) is 61.8 Å². The fourth-order valence-corrected chi connectivity index (χ4v) is 1.10. The smallest absolute Gasteiger partial charge is 0.313 e. The minimum absolute atomic E-state index is 0.0817. The van der Waals surface area contributed by atoms with Crippen LogP contribution in [0.5, 0.6) is 0 Å². The highest BCUT2D eigenvalue weighted by atomic mass is 16.6. The van der Waals surface area contributed by atoms with Crippen LogP contribution in [-0.4, -0.2) is 43.3 Å². The molecule has 0 heterocycles. The third-order valence-electron chi connectivity index (χ3n) is 2.18. The van der Waals surface area contributed by atoms with Gasteiger partial charge in [0.15, 0.2) is 5.78 Å². The standard InChI is InChI=1S/C13H24O5/c1-9(16-6)8-17-10(2)11(14)7-12(15)18-13(3,4)5/h9-10H,7-8H2,1-6H3/t9-,10?/m1/s1. The van der Waals surface area contributed by atoms with E-state index < -0.39 is 17.7 Å². The fraction of sp³-hybridized carbons (Fsp3) is 0.846. The van der Waals surface area contributed by atoms with Gasteiger partial charge in [-0.2, -0.15) is 0 Å². The van der Waals surface area contributed by atoms with Crippen LogP contribution < -0.4 is 0 Å². The first-order chi connectivity index (χ1) is 8.15. The highest BCUT2D eigenvalue weighted by Crippen LogP contribution is 2.09. The molecule has 0 radical (unpaired) electrons. The number of esters is 1. The van der Waals surface area contributed by atoms with Crippen molar-refractivity contribution in [1.29, 1.82) is 0 Å². The molecule has 0 aromatic rings. The predicted octanol–water partition coefficient (Wildman–Crippen LogP) is 1.73. The van der Waals surface area contributed by atoms with Crippen molar-refractivity contribution in [2.45, 2.75) is 58.8 Å². The molecule has 0 amide bonds. The summed E-state index contributed by atoms with van der Waals surface area (Å²) in [6.45, 7) is 9.05. The van der Waals surface area contributed by atoms with Crippen LogP contribution >= 0.6 is 0 Å². The Morgan fingerprint density at radius 1 is 1.17 bits per heavy atom. The molecule has 0 aromatic carbocycles. The molecule has 5 nitrogen and oxygen atoms in total. The van der Waals surface area contributed by atoms with E-state index >= 15 is 0 Å². The summed E-state index contributed by atoms with van der Waals surface area (Å²) in [7, 11) is 1.57. The van der Waals surface area contributed by atoms with Crippen LogP contribution in [0.1, 0.15) is 41.0 Å². The maximum absolute atomic E-state index is 11.7. The molecule has 0 aliphatic heterocycles. The molecule has 18 heavy (non-hydrogen) atoms. The van der Waals surface area contributed by atoms with Crippen molar-refractivity contribution in [2.24, 2.45) is 0 Å². The maximum Gasteiger partial charge on any atom is 0.313 e. The van der Waals surface area contributed by atoms with Gasteiger partial charge in [0.25, 0.3) is 0 Å². The second kappa shape index (κ2) is 7.48. The zero-order valence-electron chi connectivity index (χ0n) is 12.1. The first-order valence-electron chi connectivity index (χ1n) is 6.04. The van der Waals surface area contributed by atoms with Crippen molar-refractivity contribution < 1.29 is 23.8 Å². The summed E-state index contributed by atoms with van der Waals surface area (Å²) in [5.41, 5.74) is -0.577. The van der Waals surface area contributed by atoms with Crippen molar-refractivity contribution in [3.05, 3.63) is 0 Å². The molecule has 106 valence electrons. The summed E-state index contributed by atoms with van der Waals surface area (Å²) in [4.78, 5) is 23.1. The number of hydrogen-bond donors (Lipinski definition) is 0. The van der Waals surface area contributed by atoms with Crippen LogP contribution in [0.15, 0.2) is 0 Å². The van der Waals surface area contributed by atoms with Crippen molar-refractivity contribution in [3.8, 4) is 0 Å². The number of carbonyl (C=O) groups is 2. The van der Waals surface area contributed by atoms with Gasteiger partial charge in [-0.05, 0) is 34.6 Å². The molecule has 0 rings (SSSR count). The Morgan fingerprint density at radius 2 is 1.72 bits per heavy atom. The van der Waals surface area contributed by atoms with Crippen LogP contribution in [-0.2, 0) is 23.8 Å². The van der Waals surface area contributed by atoms with Crippen LogP contribution in [0.3, 0.4) is 0 Å². The Hall–Kier alpha value is -0.940. The Bertz CT molecular complexity index is 280. The summed E-state index contributed by atoms with van der Waals surface area (Å²) in [5.74, 6) is -0.810. The lowest BCUT2D eigenvalue weighted by Gasteiger charge is -2.20. The number of rotatable bonds is 7. The van der Waals surface area contributed by atoms with Gasteiger partial charge in [-0.15, -0.1) is 0 Å². The van der Waals surface area contributed by atoms with E-state index in [2.05, 4.69) is 0 Å². The van der Waals surface area contributed by atoms with E-state index in [1.807, 2.05) is 6.92 Å². The van der Waals surface area contributed by atoms with Gasteiger partial charge in [0, 0.05) is 7.11 Å². The van der Waals surface area contributed by atoms with Gasteiger partial charge < -0.3 is 14.2 Å². The number of hydrogen-bond acceptors (Lipinski definition) is 5. The lowest BCUT2D eigenvalue weighted by atomic mass is 10.1. The summed E-state index contributed by atoms with van der Waals surface area (Å²) in [5, 5.41) is 0. The largest absolute Gasteiger partial charge is 0.460 e. The lowest BCUT2D eigenvalue weighted by Crippen LogP contribution is -2.30. The van der Waals surface area contributed by atoms with Gasteiger partial charge in [-0.3, -0.25) is 9.59 Å². The second-order valence-corrected chi connectivity index (χ2v) is 5.25. The number of carbonyl (C=O) groups excluding carboxylic acids is 2. The molecule has 0 aromatic heterocycles. The molecule has 0 saturated carbocycles. The van der Waals surface area contributed by atoms with Crippen LogP contribution in [0.4, 0.5) is 0 Å². The van der Waals surface area contributed by atoms with Crippen molar-refractivity contribution >= 4 is 11.8 Å². The average molecular weight is 260 g/mol. The average Bonchev–Trinajstić information content (AvgIpc) is 2.22. The SMILES string of the molecule is CO[C@H](C)COC(C)C(=O)CC(=O)OC(C)(C)C. The van der Waals surface area contributed by atoms with Crippen LogP contribution in [0, 0.1) is 0 Å². The molecule has 0 bridgehead atoms. The fourth-order valence-electron chi connectivity index (χ4n) is 1.10. The van der Waals surface area contributed by atoms with Gasteiger partial charge in [-0.1, -0.05) is 0 Å².